The molecule has 1 heterocycles. The fourth-order valence-electron chi connectivity index (χ4n) is 5.49. The lowest BCUT2D eigenvalue weighted by Gasteiger charge is -2.47. The van der Waals surface area contributed by atoms with E-state index in [4.69, 9.17) is 14.2 Å². The van der Waals surface area contributed by atoms with Crippen LogP contribution in [0.25, 0.3) is 0 Å². The largest absolute Gasteiger partial charge is 0.493 e. The zero-order chi connectivity index (χ0) is 28.2. The Morgan fingerprint density at radius 2 is 1.64 bits per heavy atom. The quantitative estimate of drug-likeness (QED) is 0.357. The maximum atomic E-state index is 14.8. The molecule has 10 heteroatoms. The second kappa shape index (κ2) is 12.5. The molecule has 1 aliphatic carbocycles. The Morgan fingerprint density at radius 3 is 2.23 bits per heavy atom. The highest BCUT2D eigenvalue weighted by molar-refractivity contribution is 5.36. The van der Waals surface area contributed by atoms with Gasteiger partial charge in [0.05, 0.1) is 26.6 Å². The molecule has 0 amide bonds. The summed E-state index contributed by atoms with van der Waals surface area (Å²) in [4.78, 5) is 0. The summed E-state index contributed by atoms with van der Waals surface area (Å²) < 4.78 is 58.3. The van der Waals surface area contributed by atoms with E-state index in [0.29, 0.717) is 25.2 Å². The molecular weight excluding hydrogens is 517 g/mol. The van der Waals surface area contributed by atoms with Crippen LogP contribution in [0.1, 0.15) is 42.4 Å². The van der Waals surface area contributed by atoms with Crippen LogP contribution in [-0.4, -0.2) is 78.5 Å². The third kappa shape index (κ3) is 6.11. The summed E-state index contributed by atoms with van der Waals surface area (Å²) in [5.41, 5.74) is 0.458. The first kappa shape index (κ1) is 29.8. The van der Waals surface area contributed by atoms with Crippen molar-refractivity contribution in [2.24, 2.45) is 11.3 Å². The number of halogens is 3. The summed E-state index contributed by atoms with van der Waals surface area (Å²) in [5.74, 6) is -1.55. The van der Waals surface area contributed by atoms with Crippen LogP contribution in [0.4, 0.5) is 13.2 Å². The molecule has 2 fully saturated rings. The van der Waals surface area contributed by atoms with Gasteiger partial charge in [-0.15, -0.1) is 0 Å². The lowest BCUT2D eigenvalue weighted by molar-refractivity contribution is -0.366. The minimum Gasteiger partial charge on any atom is -0.493 e. The van der Waals surface area contributed by atoms with Gasteiger partial charge in [-0.1, -0.05) is 18.2 Å². The smallest absolute Gasteiger partial charge is 0.224 e. The van der Waals surface area contributed by atoms with E-state index in [9.17, 15) is 33.6 Å². The Labute approximate surface area is 226 Å². The molecule has 0 spiro atoms. The second-order valence-corrected chi connectivity index (χ2v) is 10.8. The van der Waals surface area contributed by atoms with Crippen LogP contribution in [0.2, 0.25) is 0 Å². The van der Waals surface area contributed by atoms with Gasteiger partial charge in [0.2, 0.25) is 5.79 Å². The fraction of sp³-hybridized carbons (Fsp3) is 0.586. The van der Waals surface area contributed by atoms with Gasteiger partial charge in [0.25, 0.3) is 0 Å². The fourth-order valence-corrected chi connectivity index (χ4v) is 5.49. The number of hydrogen-bond donors (Lipinski definition) is 4. The molecule has 5 atom stereocenters. The van der Waals surface area contributed by atoms with Gasteiger partial charge in [-0.05, 0) is 67.0 Å². The lowest BCUT2D eigenvalue weighted by Crippen LogP contribution is -2.64. The van der Waals surface area contributed by atoms with E-state index in [1.807, 2.05) is 0 Å². The topological polar surface area (TPSA) is 109 Å². The summed E-state index contributed by atoms with van der Waals surface area (Å²) in [7, 11) is 1.25. The molecule has 1 saturated heterocycles. The maximum absolute atomic E-state index is 14.8. The summed E-state index contributed by atoms with van der Waals surface area (Å²) in [6, 6.07) is 11.2. The number of alkyl halides is 2. The molecule has 2 aromatic carbocycles. The molecule has 0 bridgehead atoms. The molecule has 4 rings (SSSR count). The summed E-state index contributed by atoms with van der Waals surface area (Å²) in [6.07, 6.45) is -3.46. The van der Waals surface area contributed by atoms with E-state index >= 15 is 0 Å². The van der Waals surface area contributed by atoms with Crippen molar-refractivity contribution in [3.05, 3.63) is 65.0 Å². The highest BCUT2D eigenvalue weighted by Crippen LogP contribution is 2.41. The summed E-state index contributed by atoms with van der Waals surface area (Å²) in [6.45, 7) is -1.43. The van der Waals surface area contributed by atoms with Gasteiger partial charge in [-0.25, -0.2) is 4.39 Å². The maximum Gasteiger partial charge on any atom is 0.224 e. The van der Waals surface area contributed by atoms with Gasteiger partial charge < -0.3 is 34.6 Å². The van der Waals surface area contributed by atoms with E-state index in [-0.39, 0.29) is 23.5 Å². The first-order valence-corrected chi connectivity index (χ1v) is 13.2. The Bertz CT molecular complexity index is 1070. The number of hydrogen-bond acceptors (Lipinski definition) is 7. The highest BCUT2D eigenvalue weighted by Gasteiger charge is 2.55. The Hall–Kier alpha value is -2.21. The van der Waals surface area contributed by atoms with Crippen LogP contribution < -0.4 is 4.74 Å². The predicted molar refractivity (Wildman–Crippen MR) is 136 cm³/mol. The predicted octanol–water partition coefficient (Wildman–Crippen LogP) is 3.18. The van der Waals surface area contributed by atoms with E-state index in [1.165, 1.54) is 25.3 Å². The van der Waals surface area contributed by atoms with Gasteiger partial charge >= 0.3 is 0 Å². The Balaban J connectivity index is 1.42. The van der Waals surface area contributed by atoms with Gasteiger partial charge in [-0.3, -0.25) is 8.78 Å². The number of ether oxygens (including phenoxy) is 3. The van der Waals surface area contributed by atoms with E-state index in [2.05, 4.69) is 0 Å². The van der Waals surface area contributed by atoms with Crippen LogP contribution in [-0.2, 0) is 21.7 Å². The molecular formula is C29H37F3O7. The van der Waals surface area contributed by atoms with Crippen LogP contribution in [0, 0.1) is 17.2 Å². The first-order valence-electron chi connectivity index (χ1n) is 13.2. The number of methoxy groups -OCH3 is 1. The molecule has 1 unspecified atom stereocenters. The molecule has 1 saturated carbocycles. The highest BCUT2D eigenvalue weighted by atomic mass is 19.1. The number of benzene rings is 2. The van der Waals surface area contributed by atoms with E-state index in [1.54, 1.807) is 24.3 Å². The van der Waals surface area contributed by atoms with Crippen molar-refractivity contribution >= 4 is 0 Å². The molecule has 2 aromatic rings. The summed E-state index contributed by atoms with van der Waals surface area (Å²) >= 11 is 0. The van der Waals surface area contributed by atoms with Crippen LogP contribution in [0.5, 0.6) is 5.75 Å². The summed E-state index contributed by atoms with van der Waals surface area (Å²) in [5, 5.41) is 40.7. The molecule has 2 aliphatic rings. The van der Waals surface area contributed by atoms with Crippen molar-refractivity contribution in [2.75, 3.05) is 33.7 Å². The minimum absolute atomic E-state index is 0.196. The SMILES string of the molecule is COC1(c2ccc(F)c(Cc3ccc(OCC4CCC(CF)(CF)CC4)cc3)c2)O[C@H](CO)[C@@H](O)[C@H](O)[C@H]1O. The normalized spacial score (nSPS) is 29.3. The minimum atomic E-state index is -1.93. The molecule has 4 N–H and O–H groups in total. The monoisotopic (exact) mass is 554 g/mol. The standard InChI is InChI=1S/C29H37F3O7/c1-37-29(27(36)26(35)25(34)24(14-33)39-29)21-4-7-23(32)20(13-21)12-18-2-5-22(6-3-18)38-15-19-8-10-28(16-30,17-31)11-9-19/h2-7,13,19,24-27,33-36H,8-12,14-17H2,1H3/t24-,25-,26+,27-,29?/m1/s1. The van der Waals surface area contributed by atoms with Crippen molar-refractivity contribution in [2.45, 2.75) is 62.3 Å². The Kier molecular flexibility index (Phi) is 9.57. The van der Waals surface area contributed by atoms with Crippen LogP contribution in [0.15, 0.2) is 42.5 Å². The molecule has 0 aromatic heterocycles. The van der Waals surface area contributed by atoms with Crippen molar-refractivity contribution in [3.63, 3.8) is 0 Å². The average Bonchev–Trinajstić information content (AvgIpc) is 2.97. The van der Waals surface area contributed by atoms with Gasteiger partial charge in [-0.2, -0.15) is 0 Å². The zero-order valence-electron chi connectivity index (χ0n) is 21.9. The van der Waals surface area contributed by atoms with Gasteiger partial charge in [0, 0.05) is 24.5 Å². The molecule has 7 nitrogen and oxygen atoms in total. The van der Waals surface area contributed by atoms with Crippen molar-refractivity contribution in [3.8, 4) is 5.75 Å². The number of aliphatic hydroxyl groups excluding tert-OH is 4. The number of aliphatic hydroxyl groups is 4. The van der Waals surface area contributed by atoms with Crippen molar-refractivity contribution in [1.82, 2.24) is 0 Å². The van der Waals surface area contributed by atoms with E-state index < -0.39 is 61.4 Å². The third-order valence-corrected chi connectivity index (χ3v) is 8.24. The molecule has 0 radical (unpaired) electrons. The third-order valence-electron chi connectivity index (χ3n) is 8.24. The van der Waals surface area contributed by atoms with Crippen molar-refractivity contribution in [1.29, 1.82) is 0 Å². The molecule has 39 heavy (non-hydrogen) atoms. The van der Waals surface area contributed by atoms with Crippen LogP contribution in [0.3, 0.4) is 0 Å². The molecule has 1 aliphatic heterocycles. The van der Waals surface area contributed by atoms with Gasteiger partial charge in [0.1, 0.15) is 36.0 Å². The Morgan fingerprint density at radius 1 is 0.974 bits per heavy atom. The zero-order valence-corrected chi connectivity index (χ0v) is 21.9. The first-order chi connectivity index (χ1) is 18.7. The second-order valence-electron chi connectivity index (χ2n) is 10.8. The number of rotatable bonds is 10. The van der Waals surface area contributed by atoms with E-state index in [0.717, 1.165) is 18.4 Å². The molecule has 216 valence electrons. The van der Waals surface area contributed by atoms with Gasteiger partial charge in [0.15, 0.2) is 0 Å². The average molecular weight is 555 g/mol. The lowest BCUT2D eigenvalue weighted by atomic mass is 9.72. The van der Waals surface area contributed by atoms with Crippen LogP contribution >= 0.6 is 0 Å². The van der Waals surface area contributed by atoms with Crippen molar-refractivity contribution < 1.29 is 47.8 Å².